The summed E-state index contributed by atoms with van der Waals surface area (Å²) in [6, 6.07) is 14.1. The van der Waals surface area contributed by atoms with Gasteiger partial charge in [0.25, 0.3) is 15.6 Å². The molecule has 0 aliphatic heterocycles. The minimum atomic E-state index is -4.11. The third-order valence-corrected chi connectivity index (χ3v) is 8.10. The predicted molar refractivity (Wildman–Crippen MR) is 140 cm³/mol. The van der Waals surface area contributed by atoms with Gasteiger partial charge in [0.15, 0.2) is 22.8 Å². The molecule has 0 aliphatic carbocycles. The van der Waals surface area contributed by atoms with Gasteiger partial charge in [0, 0.05) is 42.0 Å². The summed E-state index contributed by atoms with van der Waals surface area (Å²) >= 11 is 0. The van der Waals surface area contributed by atoms with Crippen molar-refractivity contribution in [3.05, 3.63) is 101 Å². The Morgan fingerprint density at radius 2 is 1.74 bits per heavy atom. The van der Waals surface area contributed by atoms with E-state index in [1.807, 2.05) is 6.92 Å². The molecule has 1 N–H and O–H groups in total. The summed E-state index contributed by atoms with van der Waals surface area (Å²) in [6.45, 7) is 1.84. The van der Waals surface area contributed by atoms with Gasteiger partial charge < -0.3 is 9.30 Å². The molecule has 0 aliphatic rings. The summed E-state index contributed by atoms with van der Waals surface area (Å²) in [7, 11) is -2.62. The first-order valence-corrected chi connectivity index (χ1v) is 13.1. The molecule has 6 rings (SSSR count). The van der Waals surface area contributed by atoms with Crippen LogP contribution in [-0.2, 0) is 17.1 Å². The first-order valence-electron chi connectivity index (χ1n) is 11.6. The van der Waals surface area contributed by atoms with Gasteiger partial charge >= 0.3 is 0 Å². The number of aromatic amines is 1. The van der Waals surface area contributed by atoms with Crippen LogP contribution in [0, 0.1) is 18.6 Å². The number of pyridine rings is 1. The molecule has 6 aromatic rings. The van der Waals surface area contributed by atoms with Crippen LogP contribution in [0.25, 0.3) is 33.1 Å². The van der Waals surface area contributed by atoms with E-state index in [-0.39, 0.29) is 27.4 Å². The number of fused-ring (bicyclic) bond motifs is 2. The summed E-state index contributed by atoms with van der Waals surface area (Å²) in [4.78, 5) is 13.3. The number of aromatic nitrogens is 5. The summed E-state index contributed by atoms with van der Waals surface area (Å²) in [6.07, 6.45) is 2.85. The maximum atomic E-state index is 14.6. The van der Waals surface area contributed by atoms with Gasteiger partial charge in [-0.05, 0) is 49.4 Å². The fraction of sp³-hybridized carbons (Fsp3) is 0.0741. The maximum absolute atomic E-state index is 14.6. The van der Waals surface area contributed by atoms with Gasteiger partial charge in [-0.2, -0.15) is 0 Å². The molecule has 0 radical (unpaired) electrons. The third kappa shape index (κ3) is 3.96. The number of hydrogen-bond donors (Lipinski definition) is 1. The summed E-state index contributed by atoms with van der Waals surface area (Å²) < 4.78 is 63.3. The molecule has 3 aromatic heterocycles. The van der Waals surface area contributed by atoms with Crippen molar-refractivity contribution in [1.29, 1.82) is 0 Å². The van der Waals surface area contributed by atoms with Gasteiger partial charge in [0.1, 0.15) is 11.3 Å². The smallest absolute Gasteiger partial charge is 0.275 e. The van der Waals surface area contributed by atoms with Gasteiger partial charge in [-0.1, -0.05) is 22.9 Å². The van der Waals surface area contributed by atoms with Gasteiger partial charge in [-0.3, -0.25) is 9.89 Å². The second-order valence-corrected chi connectivity index (χ2v) is 10.8. The highest BCUT2D eigenvalue weighted by molar-refractivity contribution is 7.90. The molecular formula is C27H19F2N5O4S. The zero-order chi connectivity index (χ0) is 27.5. The van der Waals surface area contributed by atoms with Crippen molar-refractivity contribution in [3.63, 3.8) is 0 Å². The normalized spacial score (nSPS) is 11.9. The Morgan fingerprint density at radius 3 is 2.49 bits per heavy atom. The van der Waals surface area contributed by atoms with E-state index in [0.717, 1.165) is 21.7 Å². The number of H-pyrrole nitrogens is 1. The lowest BCUT2D eigenvalue weighted by Gasteiger charge is -2.15. The largest absolute Gasteiger partial charge is 0.451 e. The number of hydrogen-bond acceptors (Lipinski definition) is 6. The molecule has 0 fully saturated rings. The van der Waals surface area contributed by atoms with Crippen LogP contribution in [0.2, 0.25) is 0 Å². The molecule has 0 amide bonds. The summed E-state index contributed by atoms with van der Waals surface area (Å²) in [5, 5.41) is 10.9. The number of halogens is 2. The fourth-order valence-electron chi connectivity index (χ4n) is 4.44. The standard InChI is InChI=1S/C27H19F2N5O4S/c1-15-3-6-17(7-4-15)39(36,37)34-12-11-18-20(14-33(2)27(35)25(18)34)19-8-9-22-24(31-32-30-22)26(19)38-23-10-5-16(28)13-21(23)29/h3-14H,1-2H3,(H,30,31,32). The van der Waals surface area contributed by atoms with E-state index in [9.17, 15) is 22.0 Å². The van der Waals surface area contributed by atoms with Crippen molar-refractivity contribution in [2.75, 3.05) is 0 Å². The van der Waals surface area contributed by atoms with Crippen molar-refractivity contribution in [3.8, 4) is 22.6 Å². The molecule has 0 saturated carbocycles. The molecular weight excluding hydrogens is 528 g/mol. The second kappa shape index (κ2) is 8.88. The first kappa shape index (κ1) is 24.5. The number of benzene rings is 3. The van der Waals surface area contributed by atoms with E-state index in [2.05, 4.69) is 15.4 Å². The minimum absolute atomic E-state index is 0.0258. The average molecular weight is 548 g/mol. The van der Waals surface area contributed by atoms with Gasteiger partial charge in [-0.15, -0.1) is 5.10 Å². The van der Waals surface area contributed by atoms with Crippen LogP contribution in [0.3, 0.4) is 0 Å². The molecule has 3 heterocycles. The lowest BCUT2D eigenvalue weighted by Crippen LogP contribution is -2.22. The zero-order valence-corrected chi connectivity index (χ0v) is 21.3. The van der Waals surface area contributed by atoms with Crippen molar-refractivity contribution < 1.29 is 21.9 Å². The fourth-order valence-corrected chi connectivity index (χ4v) is 5.79. The molecule has 39 heavy (non-hydrogen) atoms. The Balaban J connectivity index is 1.61. The van der Waals surface area contributed by atoms with Crippen molar-refractivity contribution >= 4 is 32.0 Å². The molecule has 0 unspecified atom stereocenters. The van der Waals surface area contributed by atoms with Gasteiger partial charge in [0.2, 0.25) is 0 Å². The van der Waals surface area contributed by atoms with Crippen LogP contribution < -0.4 is 10.3 Å². The Morgan fingerprint density at radius 1 is 0.974 bits per heavy atom. The van der Waals surface area contributed by atoms with E-state index in [1.54, 1.807) is 24.3 Å². The highest BCUT2D eigenvalue weighted by Gasteiger charge is 2.25. The minimum Gasteiger partial charge on any atom is -0.451 e. The monoisotopic (exact) mass is 547 g/mol. The molecule has 0 saturated heterocycles. The lowest BCUT2D eigenvalue weighted by molar-refractivity contribution is 0.442. The second-order valence-electron chi connectivity index (χ2n) is 8.98. The van der Waals surface area contributed by atoms with E-state index < -0.39 is 27.2 Å². The predicted octanol–water partition coefficient (Wildman–Crippen LogP) is 4.89. The molecule has 3 aromatic carbocycles. The quantitative estimate of drug-likeness (QED) is 0.329. The molecule has 12 heteroatoms. The number of ether oxygens (including phenoxy) is 1. The van der Waals surface area contributed by atoms with Gasteiger partial charge in [-0.25, -0.2) is 21.2 Å². The summed E-state index contributed by atoms with van der Waals surface area (Å²) in [5.74, 6) is -1.87. The van der Waals surface area contributed by atoms with Crippen LogP contribution >= 0.6 is 0 Å². The Kier molecular flexibility index (Phi) is 5.57. The van der Waals surface area contributed by atoms with Gasteiger partial charge in [0.05, 0.1) is 10.4 Å². The Labute approximate surface area is 219 Å². The highest BCUT2D eigenvalue weighted by Crippen LogP contribution is 2.41. The molecule has 0 atom stereocenters. The lowest BCUT2D eigenvalue weighted by atomic mass is 10.0. The molecule has 0 bridgehead atoms. The topological polar surface area (TPSA) is 112 Å². The van der Waals surface area contributed by atoms with Crippen LogP contribution in [0.5, 0.6) is 11.5 Å². The summed E-state index contributed by atoms with van der Waals surface area (Å²) in [5.41, 5.74) is 1.82. The first-order chi connectivity index (χ1) is 18.6. The Bertz CT molecular complexity index is 2080. The van der Waals surface area contributed by atoms with E-state index in [4.69, 9.17) is 4.74 Å². The third-order valence-electron chi connectivity index (χ3n) is 6.41. The van der Waals surface area contributed by atoms with Crippen LogP contribution in [-0.4, -0.2) is 32.4 Å². The van der Waals surface area contributed by atoms with E-state index >= 15 is 0 Å². The van der Waals surface area contributed by atoms with Crippen molar-refractivity contribution in [2.24, 2.45) is 7.05 Å². The van der Waals surface area contributed by atoms with E-state index in [0.29, 0.717) is 28.1 Å². The average Bonchev–Trinajstić information content (AvgIpc) is 3.57. The van der Waals surface area contributed by atoms with Crippen LogP contribution in [0.4, 0.5) is 8.78 Å². The van der Waals surface area contributed by atoms with Crippen molar-refractivity contribution in [1.82, 2.24) is 24.0 Å². The molecule has 9 nitrogen and oxygen atoms in total. The number of nitrogens with one attached hydrogen (secondary N) is 1. The van der Waals surface area contributed by atoms with E-state index in [1.165, 1.54) is 42.2 Å². The highest BCUT2D eigenvalue weighted by atomic mass is 32.2. The Hall–Kier alpha value is -4.84. The number of nitrogens with zero attached hydrogens (tertiary/aromatic N) is 4. The number of aryl methyl sites for hydroxylation is 2. The maximum Gasteiger partial charge on any atom is 0.275 e. The number of rotatable bonds is 5. The van der Waals surface area contributed by atoms with Crippen LogP contribution in [0.15, 0.2) is 82.7 Å². The molecule has 196 valence electrons. The SMILES string of the molecule is Cc1ccc(S(=O)(=O)n2ccc3c(-c4ccc5[nH]nnc5c4Oc4ccc(F)cc4F)cn(C)c(=O)c32)cc1. The van der Waals surface area contributed by atoms with Crippen molar-refractivity contribution in [2.45, 2.75) is 11.8 Å². The molecule has 0 spiro atoms. The zero-order valence-electron chi connectivity index (χ0n) is 20.5. The van der Waals surface area contributed by atoms with Crippen LogP contribution in [0.1, 0.15) is 5.56 Å².